The zero-order valence-corrected chi connectivity index (χ0v) is 42.5. The standard InChI is InChI=1S/C60H117N/c1-2-4-6-8-10-12-14-16-18-20-22-24-26-28-30-32-34-36-38-40-42-45-51-57-61-58-52-46-44-48-54-60-56-50-49-55-59(60)53-47-43-41-39-37-35-33-31-29-27-25-23-21-19-17-15-13-11-9-7-5-3-1/h58-60H,1-57H2. The van der Waals surface area contributed by atoms with Gasteiger partial charge in [-0.1, -0.05) is 340 Å². The highest BCUT2D eigenvalue weighted by atomic mass is 14.7. The van der Waals surface area contributed by atoms with Crippen LogP contribution in [0, 0.1) is 11.8 Å². The maximum atomic E-state index is 4.77. The van der Waals surface area contributed by atoms with Crippen molar-refractivity contribution in [1.29, 1.82) is 0 Å². The molecule has 2 aliphatic rings. The first kappa shape index (κ1) is 56.8. The molecule has 0 aromatic rings. The van der Waals surface area contributed by atoms with E-state index in [0.717, 1.165) is 18.4 Å². The first-order chi connectivity index (χ1) is 30.5. The molecule has 1 nitrogen and oxygen atoms in total. The third-order valence-corrected chi connectivity index (χ3v) is 15.7. The van der Waals surface area contributed by atoms with E-state index in [-0.39, 0.29) is 0 Å². The lowest BCUT2D eigenvalue weighted by atomic mass is 9.74. The molecule has 0 spiro atoms. The average molecular weight is 853 g/mol. The smallest absolute Gasteiger partial charge is 0.0385 e. The predicted octanol–water partition coefficient (Wildman–Crippen LogP) is 22.2. The SMILES string of the molecule is C1=NCCCCCCCCCCCCCCCCCCCCCCCCCCCCCCCCCCCCCCCCCCCCCCCCC2CCCCC2CCCCC1. The fourth-order valence-corrected chi connectivity index (χ4v) is 11.4. The molecule has 1 aliphatic heterocycles. The lowest BCUT2D eigenvalue weighted by molar-refractivity contribution is 0.202. The lowest BCUT2D eigenvalue weighted by Gasteiger charge is -2.32. The van der Waals surface area contributed by atoms with Gasteiger partial charge < -0.3 is 0 Å². The van der Waals surface area contributed by atoms with E-state index in [1.54, 1.807) is 0 Å². The van der Waals surface area contributed by atoms with Crippen LogP contribution < -0.4 is 0 Å². The van der Waals surface area contributed by atoms with Crippen LogP contribution in [0.15, 0.2) is 4.99 Å². The van der Waals surface area contributed by atoms with E-state index in [9.17, 15) is 0 Å². The monoisotopic (exact) mass is 852 g/mol. The number of hydrogen-bond donors (Lipinski definition) is 0. The van der Waals surface area contributed by atoms with E-state index >= 15 is 0 Å². The van der Waals surface area contributed by atoms with Crippen LogP contribution in [-0.4, -0.2) is 12.8 Å². The molecule has 0 bridgehead atoms. The predicted molar refractivity (Wildman–Crippen MR) is 279 cm³/mol. The van der Waals surface area contributed by atoms with Crippen LogP contribution in [0.4, 0.5) is 0 Å². The van der Waals surface area contributed by atoms with Gasteiger partial charge in [0.2, 0.25) is 0 Å². The van der Waals surface area contributed by atoms with Crippen LogP contribution in [-0.2, 0) is 0 Å². The Morgan fingerprint density at radius 1 is 0.180 bits per heavy atom. The fraction of sp³-hybridized carbons (Fsp3) is 0.983. The van der Waals surface area contributed by atoms with Crippen molar-refractivity contribution >= 4 is 6.21 Å². The van der Waals surface area contributed by atoms with Gasteiger partial charge in [-0.3, -0.25) is 4.99 Å². The molecule has 1 heteroatoms. The van der Waals surface area contributed by atoms with Gasteiger partial charge in [-0.15, -0.1) is 0 Å². The summed E-state index contributed by atoms with van der Waals surface area (Å²) >= 11 is 0. The van der Waals surface area contributed by atoms with Crippen molar-refractivity contribution in [2.24, 2.45) is 16.8 Å². The molecule has 1 saturated carbocycles. The number of nitrogens with zero attached hydrogens (tertiary/aromatic N) is 1. The van der Waals surface area contributed by atoms with Gasteiger partial charge in [-0.2, -0.15) is 0 Å². The third kappa shape index (κ3) is 42.1. The molecule has 61 heavy (non-hydrogen) atoms. The Bertz CT molecular complexity index is 831. The highest BCUT2D eigenvalue weighted by Crippen LogP contribution is 2.37. The van der Waals surface area contributed by atoms with Crippen LogP contribution in [0.1, 0.15) is 360 Å². The molecule has 0 N–H and O–H groups in total. The molecule has 2 rings (SSSR count). The van der Waals surface area contributed by atoms with Gasteiger partial charge in [-0.05, 0) is 37.3 Å². The highest BCUT2D eigenvalue weighted by molar-refractivity contribution is 5.56. The van der Waals surface area contributed by atoms with Gasteiger partial charge in [0.1, 0.15) is 0 Å². The maximum absolute atomic E-state index is 4.77. The van der Waals surface area contributed by atoms with Gasteiger partial charge in [0, 0.05) is 6.54 Å². The molecule has 1 aliphatic carbocycles. The second-order valence-electron chi connectivity index (χ2n) is 21.6. The molecule has 1 heterocycles. The number of rotatable bonds is 0. The first-order valence-corrected chi connectivity index (χ1v) is 29.9. The molecule has 1 fully saturated rings. The molecule has 2 unspecified atom stereocenters. The summed E-state index contributed by atoms with van der Waals surface area (Å²) in [4.78, 5) is 4.77. The van der Waals surface area contributed by atoms with E-state index in [1.165, 1.54) is 360 Å². The Kier molecular flexibility index (Phi) is 45.7. The lowest BCUT2D eigenvalue weighted by Crippen LogP contribution is -2.19. The molecule has 362 valence electrons. The first-order valence-electron chi connectivity index (χ1n) is 29.9. The summed E-state index contributed by atoms with van der Waals surface area (Å²) in [5, 5.41) is 0. The Labute approximate surface area is 387 Å². The molecule has 0 amide bonds. The van der Waals surface area contributed by atoms with Crippen LogP contribution in [0.25, 0.3) is 0 Å². The zero-order chi connectivity index (χ0) is 42.9. The van der Waals surface area contributed by atoms with E-state index in [4.69, 9.17) is 4.99 Å². The van der Waals surface area contributed by atoms with Crippen LogP contribution in [0.2, 0.25) is 0 Å². The quantitative estimate of drug-likeness (QED) is 0.230. The van der Waals surface area contributed by atoms with Gasteiger partial charge in [0.25, 0.3) is 0 Å². The molecule has 0 aromatic carbocycles. The van der Waals surface area contributed by atoms with Gasteiger partial charge >= 0.3 is 0 Å². The average Bonchev–Trinajstić information content (AvgIpc) is 3.27. The van der Waals surface area contributed by atoms with Gasteiger partial charge in [0.05, 0.1) is 0 Å². The Hall–Kier alpha value is -0.330. The minimum absolute atomic E-state index is 1.05. The number of fused-ring (bicyclic) bond motifs is 1. The minimum atomic E-state index is 1.05. The van der Waals surface area contributed by atoms with Crippen LogP contribution in [0.3, 0.4) is 0 Å². The Morgan fingerprint density at radius 3 is 0.574 bits per heavy atom. The minimum Gasteiger partial charge on any atom is -0.298 e. The highest BCUT2D eigenvalue weighted by Gasteiger charge is 2.24. The van der Waals surface area contributed by atoms with E-state index in [1.807, 2.05) is 0 Å². The third-order valence-electron chi connectivity index (χ3n) is 15.7. The van der Waals surface area contributed by atoms with Crippen molar-refractivity contribution in [3.63, 3.8) is 0 Å². The molecular formula is C60H117N. The van der Waals surface area contributed by atoms with E-state index < -0.39 is 0 Å². The Balaban J connectivity index is 1.48. The summed E-state index contributed by atoms with van der Waals surface area (Å²) in [5.41, 5.74) is 0. The second kappa shape index (κ2) is 49.1. The molecule has 0 aromatic heterocycles. The summed E-state index contributed by atoms with van der Waals surface area (Å²) in [6.07, 6.45) is 85.2. The summed E-state index contributed by atoms with van der Waals surface area (Å²) in [6, 6.07) is 0. The number of hydrogen-bond acceptors (Lipinski definition) is 1. The van der Waals surface area contributed by atoms with Crippen molar-refractivity contribution in [3.8, 4) is 0 Å². The summed E-state index contributed by atoms with van der Waals surface area (Å²) in [7, 11) is 0. The molecular weight excluding hydrogens is 735 g/mol. The normalized spacial score (nSPS) is 26.5. The van der Waals surface area contributed by atoms with E-state index in [2.05, 4.69) is 6.21 Å². The number of aliphatic imine (C=N–C) groups is 1. The Morgan fingerprint density at radius 2 is 0.344 bits per heavy atom. The van der Waals surface area contributed by atoms with Crippen LogP contribution >= 0.6 is 0 Å². The fourth-order valence-electron chi connectivity index (χ4n) is 11.4. The molecule has 0 saturated heterocycles. The van der Waals surface area contributed by atoms with E-state index in [0.29, 0.717) is 0 Å². The summed E-state index contributed by atoms with van der Waals surface area (Å²) in [5.74, 6) is 2.10. The van der Waals surface area contributed by atoms with Crippen molar-refractivity contribution in [1.82, 2.24) is 0 Å². The van der Waals surface area contributed by atoms with Crippen molar-refractivity contribution in [2.45, 2.75) is 360 Å². The van der Waals surface area contributed by atoms with Crippen molar-refractivity contribution < 1.29 is 0 Å². The zero-order valence-electron chi connectivity index (χ0n) is 42.5. The summed E-state index contributed by atoms with van der Waals surface area (Å²) < 4.78 is 0. The topological polar surface area (TPSA) is 12.4 Å². The largest absolute Gasteiger partial charge is 0.298 e. The molecule has 0 radical (unpaired) electrons. The van der Waals surface area contributed by atoms with Gasteiger partial charge in [-0.25, -0.2) is 0 Å². The maximum Gasteiger partial charge on any atom is 0.0385 e. The van der Waals surface area contributed by atoms with Crippen molar-refractivity contribution in [3.05, 3.63) is 0 Å². The van der Waals surface area contributed by atoms with Gasteiger partial charge in [0.15, 0.2) is 0 Å². The van der Waals surface area contributed by atoms with Crippen molar-refractivity contribution in [2.75, 3.05) is 6.54 Å². The summed E-state index contributed by atoms with van der Waals surface area (Å²) in [6.45, 7) is 1.07. The second-order valence-corrected chi connectivity index (χ2v) is 21.6. The molecule has 2 atom stereocenters. The van der Waals surface area contributed by atoms with Crippen LogP contribution in [0.5, 0.6) is 0 Å².